The molecule has 0 aliphatic heterocycles. The van der Waals surface area contributed by atoms with E-state index in [2.05, 4.69) is 15.0 Å². The predicted molar refractivity (Wildman–Crippen MR) is 104 cm³/mol. The van der Waals surface area contributed by atoms with Gasteiger partial charge >= 0.3 is 0 Å². The molecule has 8 heteroatoms. The normalized spacial score (nSPS) is 10.7. The third-order valence-electron chi connectivity index (χ3n) is 4.53. The van der Waals surface area contributed by atoms with Gasteiger partial charge in [-0.2, -0.15) is 0 Å². The van der Waals surface area contributed by atoms with Gasteiger partial charge in [0.15, 0.2) is 0 Å². The Balaban J connectivity index is 1.85. The van der Waals surface area contributed by atoms with Crippen molar-refractivity contribution in [2.45, 2.75) is 13.5 Å². The second-order valence-electron chi connectivity index (χ2n) is 6.33. The maximum atomic E-state index is 12.9. The Bertz CT molecular complexity index is 953. The maximum Gasteiger partial charge on any atom is 0.254 e. The van der Waals surface area contributed by atoms with Gasteiger partial charge in [0, 0.05) is 31.5 Å². The minimum Gasteiger partial charge on any atom is -0.480 e. The topological polar surface area (TPSA) is 93.4 Å². The second kappa shape index (κ2) is 8.62. The fraction of sp³-hybridized carbons (Fsp3) is 0.300. The van der Waals surface area contributed by atoms with Crippen molar-refractivity contribution in [2.24, 2.45) is 7.05 Å². The zero-order chi connectivity index (χ0) is 20.1. The highest BCUT2D eigenvalue weighted by molar-refractivity contribution is 5.94. The van der Waals surface area contributed by atoms with Gasteiger partial charge in [-0.15, -0.1) is 0 Å². The number of aryl methyl sites for hydroxylation is 2. The molecular weight excluding hydrogens is 358 g/mol. The second-order valence-corrected chi connectivity index (χ2v) is 6.33. The molecule has 0 atom stereocenters. The van der Waals surface area contributed by atoms with Crippen LogP contribution in [0.2, 0.25) is 0 Å². The highest BCUT2D eigenvalue weighted by atomic mass is 16.5. The number of rotatable bonds is 7. The van der Waals surface area contributed by atoms with Crippen molar-refractivity contribution >= 4 is 5.91 Å². The Hall–Kier alpha value is -3.26. The van der Waals surface area contributed by atoms with Crippen molar-refractivity contribution in [2.75, 3.05) is 20.3 Å². The number of methoxy groups -OCH3 is 1. The van der Waals surface area contributed by atoms with Gasteiger partial charge in [-0.1, -0.05) is 12.1 Å². The quantitative estimate of drug-likeness (QED) is 0.671. The number of carbonyl (C=O) groups is 1. The molecular formula is C20H23N5O3. The molecule has 3 rings (SSSR count). The van der Waals surface area contributed by atoms with Crippen LogP contribution in [0, 0.1) is 6.92 Å². The van der Waals surface area contributed by atoms with Gasteiger partial charge in [0.25, 0.3) is 5.91 Å². The molecule has 0 fully saturated rings. The summed E-state index contributed by atoms with van der Waals surface area (Å²) in [5.74, 6) is 1.07. The van der Waals surface area contributed by atoms with Crippen LogP contribution in [-0.2, 0) is 13.6 Å². The summed E-state index contributed by atoms with van der Waals surface area (Å²) in [6.07, 6.45) is 4.96. The van der Waals surface area contributed by atoms with E-state index in [1.807, 2.05) is 36.9 Å². The van der Waals surface area contributed by atoms with Gasteiger partial charge in [0.1, 0.15) is 12.2 Å². The lowest BCUT2D eigenvalue weighted by atomic mass is 10.0. The fourth-order valence-corrected chi connectivity index (χ4v) is 2.99. The molecule has 3 aromatic rings. The van der Waals surface area contributed by atoms with Crippen LogP contribution in [0.5, 0.6) is 5.88 Å². The van der Waals surface area contributed by atoms with Crippen LogP contribution in [0.4, 0.5) is 0 Å². The van der Waals surface area contributed by atoms with Crippen LogP contribution in [-0.4, -0.2) is 55.7 Å². The number of hydrogen-bond donors (Lipinski definition) is 1. The number of benzene rings is 1. The van der Waals surface area contributed by atoms with E-state index >= 15 is 0 Å². The molecule has 1 aromatic carbocycles. The first-order chi connectivity index (χ1) is 13.5. The number of aliphatic hydroxyl groups is 1. The molecule has 0 radical (unpaired) electrons. The number of carbonyl (C=O) groups excluding carboxylic acids is 1. The van der Waals surface area contributed by atoms with Crippen LogP contribution in [0.1, 0.15) is 21.9 Å². The number of aromatic nitrogens is 4. The Morgan fingerprint density at radius 2 is 1.96 bits per heavy atom. The summed E-state index contributed by atoms with van der Waals surface area (Å²) in [5.41, 5.74) is 2.98. The molecule has 0 unspecified atom stereocenters. The van der Waals surface area contributed by atoms with E-state index in [-0.39, 0.29) is 19.1 Å². The summed E-state index contributed by atoms with van der Waals surface area (Å²) >= 11 is 0. The number of amides is 1. The molecule has 1 amide bonds. The maximum absolute atomic E-state index is 12.9. The number of ether oxygens (including phenoxy) is 1. The lowest BCUT2D eigenvalue weighted by molar-refractivity contribution is 0.0701. The zero-order valence-corrected chi connectivity index (χ0v) is 16.2. The van der Waals surface area contributed by atoms with Crippen molar-refractivity contribution in [3.8, 4) is 17.0 Å². The Morgan fingerprint density at radius 1 is 1.21 bits per heavy atom. The number of nitrogens with zero attached hydrogens (tertiary/aromatic N) is 5. The highest BCUT2D eigenvalue weighted by Gasteiger charge is 2.18. The van der Waals surface area contributed by atoms with Gasteiger partial charge in [-0.25, -0.2) is 15.0 Å². The summed E-state index contributed by atoms with van der Waals surface area (Å²) in [7, 11) is 3.43. The number of hydrogen-bond acceptors (Lipinski definition) is 6. The van der Waals surface area contributed by atoms with E-state index in [0.29, 0.717) is 18.0 Å². The minimum atomic E-state index is -0.170. The molecule has 146 valence electrons. The van der Waals surface area contributed by atoms with Crippen molar-refractivity contribution in [3.05, 3.63) is 60.1 Å². The van der Waals surface area contributed by atoms with Gasteiger partial charge in [0.2, 0.25) is 5.88 Å². The predicted octanol–water partition coefficient (Wildman–Crippen LogP) is 1.83. The first-order valence-corrected chi connectivity index (χ1v) is 8.87. The van der Waals surface area contributed by atoms with Crippen molar-refractivity contribution in [1.82, 2.24) is 24.4 Å². The average Bonchev–Trinajstić information content (AvgIpc) is 3.11. The first kappa shape index (κ1) is 19.5. The van der Waals surface area contributed by atoms with Crippen LogP contribution in [0.3, 0.4) is 0 Å². The van der Waals surface area contributed by atoms with E-state index in [4.69, 9.17) is 4.74 Å². The third-order valence-corrected chi connectivity index (χ3v) is 4.53. The molecule has 2 aromatic heterocycles. The summed E-state index contributed by atoms with van der Waals surface area (Å²) in [4.78, 5) is 27.1. The molecule has 0 saturated carbocycles. The average molecular weight is 381 g/mol. The smallest absolute Gasteiger partial charge is 0.254 e. The van der Waals surface area contributed by atoms with E-state index in [0.717, 1.165) is 22.6 Å². The van der Waals surface area contributed by atoms with Crippen molar-refractivity contribution < 1.29 is 14.6 Å². The minimum absolute atomic E-state index is 0.119. The van der Waals surface area contributed by atoms with Gasteiger partial charge in [-0.3, -0.25) is 4.79 Å². The van der Waals surface area contributed by atoms with Crippen LogP contribution < -0.4 is 4.74 Å². The van der Waals surface area contributed by atoms with Crippen LogP contribution in [0.25, 0.3) is 11.1 Å². The molecule has 28 heavy (non-hydrogen) atoms. The van der Waals surface area contributed by atoms with E-state index in [1.165, 1.54) is 6.33 Å². The lowest BCUT2D eigenvalue weighted by Gasteiger charge is -2.21. The molecule has 0 aliphatic carbocycles. The molecule has 0 aliphatic rings. The number of imidazole rings is 1. The Labute approximate surface area is 163 Å². The molecule has 0 spiro atoms. The van der Waals surface area contributed by atoms with Gasteiger partial charge < -0.3 is 19.3 Å². The Kier molecular flexibility index (Phi) is 6.00. The van der Waals surface area contributed by atoms with Crippen molar-refractivity contribution in [3.63, 3.8) is 0 Å². The number of aliphatic hydroxyl groups excluding tert-OH is 1. The van der Waals surface area contributed by atoms with Crippen molar-refractivity contribution in [1.29, 1.82) is 0 Å². The summed E-state index contributed by atoms with van der Waals surface area (Å²) in [6, 6.07) is 7.21. The largest absolute Gasteiger partial charge is 0.480 e. The van der Waals surface area contributed by atoms with E-state index in [1.54, 1.807) is 30.3 Å². The lowest BCUT2D eigenvalue weighted by Crippen LogP contribution is -2.34. The first-order valence-electron chi connectivity index (χ1n) is 8.87. The summed E-state index contributed by atoms with van der Waals surface area (Å²) in [6.45, 7) is 2.32. The standard InChI is InChI=1S/C20H23N5O3/c1-14-18(19(28-3)23-13-22-14)15-4-6-16(7-5-15)20(27)25(10-11-26)12-17-21-8-9-24(17)2/h4-9,13,26H,10-12H2,1-3H3. The monoisotopic (exact) mass is 381 g/mol. The van der Waals surface area contributed by atoms with Gasteiger partial charge in [0.05, 0.1) is 31.5 Å². The third kappa shape index (κ3) is 4.01. The molecule has 0 bridgehead atoms. The Morgan fingerprint density at radius 3 is 2.57 bits per heavy atom. The molecule has 8 nitrogen and oxygen atoms in total. The SMILES string of the molecule is COc1ncnc(C)c1-c1ccc(C(=O)N(CCO)Cc2nccn2C)cc1. The van der Waals surface area contributed by atoms with Crippen LogP contribution >= 0.6 is 0 Å². The van der Waals surface area contributed by atoms with E-state index < -0.39 is 0 Å². The summed E-state index contributed by atoms with van der Waals surface area (Å²) in [5, 5.41) is 9.36. The molecule has 1 N–H and O–H groups in total. The molecule has 2 heterocycles. The van der Waals surface area contributed by atoms with Gasteiger partial charge in [-0.05, 0) is 24.6 Å². The van der Waals surface area contributed by atoms with E-state index in [9.17, 15) is 9.90 Å². The molecule has 0 saturated heterocycles. The summed E-state index contributed by atoms with van der Waals surface area (Å²) < 4.78 is 7.19. The van der Waals surface area contributed by atoms with Crippen LogP contribution in [0.15, 0.2) is 43.0 Å². The fourth-order valence-electron chi connectivity index (χ4n) is 2.99. The highest BCUT2D eigenvalue weighted by Crippen LogP contribution is 2.30. The zero-order valence-electron chi connectivity index (χ0n) is 16.2.